The average molecular weight is 467 g/mol. The number of allylic oxidation sites excluding steroid dienone is 1. The van der Waals surface area contributed by atoms with Crippen molar-refractivity contribution in [2.24, 2.45) is 16.7 Å². The summed E-state index contributed by atoms with van der Waals surface area (Å²) in [6.45, 7) is 29.9. The zero-order valence-electron chi connectivity index (χ0n) is 22.8. The van der Waals surface area contributed by atoms with E-state index in [-0.39, 0.29) is 16.6 Å². The summed E-state index contributed by atoms with van der Waals surface area (Å²) >= 11 is 0. The van der Waals surface area contributed by atoms with Gasteiger partial charge in [0.15, 0.2) is 0 Å². The summed E-state index contributed by atoms with van der Waals surface area (Å²) in [6, 6.07) is 1.09. The van der Waals surface area contributed by atoms with Gasteiger partial charge < -0.3 is 9.53 Å². The molecule has 1 atom stereocenters. The quantitative estimate of drug-likeness (QED) is 0.209. The first kappa shape index (κ1) is 28.7. The van der Waals surface area contributed by atoms with Crippen molar-refractivity contribution < 1.29 is 9.53 Å². The molecule has 0 bridgehead atoms. The second kappa shape index (κ2) is 10.3. The molecule has 0 amide bonds. The van der Waals surface area contributed by atoms with Crippen LogP contribution in [0.2, 0.25) is 43.8 Å². The maximum atomic E-state index is 11.2. The van der Waals surface area contributed by atoms with Crippen molar-refractivity contribution in [3.8, 4) is 0 Å². The minimum Gasteiger partial charge on any atom is -0.549 e. The van der Waals surface area contributed by atoms with Crippen molar-refractivity contribution in [2.75, 3.05) is 0 Å². The van der Waals surface area contributed by atoms with E-state index in [4.69, 9.17) is 4.43 Å². The summed E-state index contributed by atoms with van der Waals surface area (Å²) in [5.41, 5.74) is 1.77. The summed E-state index contributed by atoms with van der Waals surface area (Å²) in [6.07, 6.45) is 10.2. The van der Waals surface area contributed by atoms with E-state index in [2.05, 4.69) is 93.2 Å². The fraction of sp³-hybridized carbons (Fsp3) is 0.852. The standard InChI is InChI=1S/C27H54O2Si2/c1-13-27(16-14-23(15-17-27)25(2,3)4)19-24(28)18-22(21-30(8,9)10)20-29-31(11,12)26(5,6)7/h13,20,23-24,28H,1,14-19,21H2,2-12H3/b22-20-. The highest BCUT2D eigenvalue weighted by Gasteiger charge is 2.39. The van der Waals surface area contributed by atoms with Gasteiger partial charge >= 0.3 is 0 Å². The molecule has 1 aliphatic carbocycles. The molecule has 1 aliphatic rings. The number of aliphatic hydroxyl groups is 1. The summed E-state index contributed by atoms with van der Waals surface area (Å²) in [5.74, 6) is 0.776. The van der Waals surface area contributed by atoms with Gasteiger partial charge in [-0.2, -0.15) is 0 Å². The Hall–Kier alpha value is -0.326. The van der Waals surface area contributed by atoms with Crippen molar-refractivity contribution in [1.82, 2.24) is 0 Å². The Bertz CT molecular complexity index is 607. The zero-order valence-corrected chi connectivity index (χ0v) is 24.8. The number of hydrogen-bond donors (Lipinski definition) is 1. The van der Waals surface area contributed by atoms with E-state index in [1.54, 1.807) is 0 Å². The van der Waals surface area contributed by atoms with E-state index in [0.29, 0.717) is 5.41 Å². The predicted octanol–water partition coefficient (Wildman–Crippen LogP) is 8.78. The molecule has 0 aromatic carbocycles. The van der Waals surface area contributed by atoms with Crippen LogP contribution in [0.15, 0.2) is 24.5 Å². The molecule has 1 saturated carbocycles. The Labute approximate surface area is 197 Å². The average Bonchev–Trinajstić information content (AvgIpc) is 2.57. The van der Waals surface area contributed by atoms with Crippen molar-refractivity contribution >= 4 is 16.4 Å². The third kappa shape index (κ3) is 9.21. The van der Waals surface area contributed by atoms with Crippen molar-refractivity contribution in [3.05, 3.63) is 24.5 Å². The first-order valence-electron chi connectivity index (χ1n) is 12.5. The molecule has 1 fully saturated rings. The van der Waals surface area contributed by atoms with Gasteiger partial charge in [-0.25, -0.2) is 0 Å². The van der Waals surface area contributed by atoms with E-state index in [1.165, 1.54) is 18.4 Å². The lowest BCUT2D eigenvalue weighted by Crippen LogP contribution is -2.39. The van der Waals surface area contributed by atoms with E-state index in [1.807, 2.05) is 0 Å². The lowest BCUT2D eigenvalue weighted by molar-refractivity contribution is 0.0630. The van der Waals surface area contributed by atoms with E-state index in [0.717, 1.165) is 37.6 Å². The molecule has 0 heterocycles. The molecule has 4 heteroatoms. The van der Waals surface area contributed by atoms with Gasteiger partial charge in [0.05, 0.1) is 12.4 Å². The maximum Gasteiger partial charge on any atom is 0.249 e. The van der Waals surface area contributed by atoms with Gasteiger partial charge in [0.1, 0.15) is 0 Å². The molecule has 0 aromatic heterocycles. The Balaban J connectivity index is 2.89. The topological polar surface area (TPSA) is 29.5 Å². The van der Waals surface area contributed by atoms with Gasteiger partial charge in [-0.1, -0.05) is 67.3 Å². The Morgan fingerprint density at radius 2 is 1.58 bits per heavy atom. The molecule has 0 aromatic rings. The Morgan fingerprint density at radius 1 is 1.06 bits per heavy atom. The lowest BCUT2D eigenvalue weighted by atomic mass is 9.62. The SMILES string of the molecule is C=CC1(CC(O)C/C(=C/O[Si](C)(C)C(C)(C)C)C[Si](C)(C)C)CCC(C(C)(C)C)CC1. The van der Waals surface area contributed by atoms with Crippen LogP contribution in [0.3, 0.4) is 0 Å². The molecule has 0 aliphatic heterocycles. The van der Waals surface area contributed by atoms with Crippen LogP contribution in [-0.4, -0.2) is 27.6 Å². The monoisotopic (exact) mass is 466 g/mol. The molecule has 0 spiro atoms. The van der Waals surface area contributed by atoms with Crippen LogP contribution in [0.25, 0.3) is 0 Å². The minimum atomic E-state index is -1.84. The van der Waals surface area contributed by atoms with Crippen LogP contribution in [0.5, 0.6) is 0 Å². The van der Waals surface area contributed by atoms with Gasteiger partial charge in [-0.15, -0.1) is 6.58 Å². The van der Waals surface area contributed by atoms with Crippen LogP contribution in [0, 0.1) is 16.7 Å². The molecule has 31 heavy (non-hydrogen) atoms. The minimum absolute atomic E-state index is 0.0890. The molecule has 1 N–H and O–H groups in total. The number of rotatable bonds is 9. The normalized spacial score (nSPS) is 25.3. The molecule has 0 saturated heterocycles. The van der Waals surface area contributed by atoms with E-state index < -0.39 is 16.4 Å². The molecule has 0 radical (unpaired) electrons. The van der Waals surface area contributed by atoms with Gasteiger partial charge in [0, 0.05) is 8.07 Å². The van der Waals surface area contributed by atoms with Crippen molar-refractivity contribution in [3.63, 3.8) is 0 Å². The van der Waals surface area contributed by atoms with Gasteiger partial charge in [0.25, 0.3) is 0 Å². The Morgan fingerprint density at radius 3 is 1.97 bits per heavy atom. The predicted molar refractivity (Wildman–Crippen MR) is 144 cm³/mol. The second-order valence-corrected chi connectivity index (χ2v) is 24.4. The highest BCUT2D eigenvalue weighted by atomic mass is 28.4. The smallest absolute Gasteiger partial charge is 0.249 e. The van der Waals surface area contributed by atoms with Gasteiger partial charge in [0.2, 0.25) is 8.32 Å². The summed E-state index contributed by atoms with van der Waals surface area (Å²) < 4.78 is 6.46. The first-order chi connectivity index (χ1) is 13.8. The van der Waals surface area contributed by atoms with E-state index >= 15 is 0 Å². The van der Waals surface area contributed by atoms with Gasteiger partial charge in [-0.3, -0.25) is 0 Å². The summed E-state index contributed by atoms with van der Waals surface area (Å²) in [4.78, 5) is 0. The van der Waals surface area contributed by atoms with Crippen LogP contribution >= 0.6 is 0 Å². The second-order valence-electron chi connectivity index (χ2n) is 14.2. The van der Waals surface area contributed by atoms with Crippen molar-refractivity contribution in [1.29, 1.82) is 0 Å². The third-order valence-corrected chi connectivity index (χ3v) is 13.7. The summed E-state index contributed by atoms with van der Waals surface area (Å²) in [7, 11) is -3.15. The van der Waals surface area contributed by atoms with Crippen LogP contribution in [0.1, 0.15) is 80.1 Å². The third-order valence-electron chi connectivity index (χ3n) is 7.86. The molecule has 2 nitrogen and oxygen atoms in total. The molecular formula is C27H54O2Si2. The fourth-order valence-corrected chi connectivity index (χ4v) is 7.05. The molecule has 182 valence electrons. The molecular weight excluding hydrogens is 412 g/mol. The van der Waals surface area contributed by atoms with Crippen LogP contribution in [0.4, 0.5) is 0 Å². The largest absolute Gasteiger partial charge is 0.549 e. The maximum absolute atomic E-state index is 11.2. The molecule has 1 unspecified atom stereocenters. The lowest BCUT2D eigenvalue weighted by Gasteiger charge is -2.43. The number of aliphatic hydroxyl groups excluding tert-OH is 1. The molecule has 1 rings (SSSR count). The highest BCUT2D eigenvalue weighted by molar-refractivity contribution is 6.76. The fourth-order valence-electron chi connectivity index (χ4n) is 4.64. The van der Waals surface area contributed by atoms with Gasteiger partial charge in [-0.05, 0) is 85.0 Å². The zero-order chi connectivity index (χ0) is 24.3. The van der Waals surface area contributed by atoms with Crippen LogP contribution < -0.4 is 0 Å². The summed E-state index contributed by atoms with van der Waals surface area (Å²) in [5, 5.41) is 11.3. The highest BCUT2D eigenvalue weighted by Crippen LogP contribution is 2.48. The van der Waals surface area contributed by atoms with E-state index in [9.17, 15) is 5.11 Å². The Kier molecular flexibility index (Phi) is 9.54. The van der Waals surface area contributed by atoms with Crippen LogP contribution in [-0.2, 0) is 4.43 Å². The first-order valence-corrected chi connectivity index (χ1v) is 19.1. The number of hydrogen-bond acceptors (Lipinski definition) is 2. The van der Waals surface area contributed by atoms with Crippen molar-refractivity contribution in [2.45, 2.75) is 130 Å².